The number of nitro groups is 1. The molecule has 2 rings (SSSR count). The van der Waals surface area contributed by atoms with Gasteiger partial charge in [0, 0.05) is 24.4 Å². The molecule has 0 atom stereocenters. The number of nitrogens with zero attached hydrogens (tertiary/aromatic N) is 2. The highest BCUT2D eigenvalue weighted by Gasteiger charge is 2.14. The highest BCUT2D eigenvalue weighted by atomic mass is 16.6. The molecule has 110 valence electrons. The van der Waals surface area contributed by atoms with E-state index in [0.717, 1.165) is 11.3 Å². The molecule has 0 bridgehead atoms. The van der Waals surface area contributed by atoms with Crippen molar-refractivity contribution in [2.24, 2.45) is 0 Å². The lowest BCUT2D eigenvalue weighted by atomic mass is 10.1. The lowest BCUT2D eigenvalue weighted by Crippen LogP contribution is -2.26. The Morgan fingerprint density at radius 3 is 2.52 bits per heavy atom. The predicted octanol–water partition coefficient (Wildman–Crippen LogP) is 1.91. The van der Waals surface area contributed by atoms with Gasteiger partial charge in [-0.25, -0.2) is 0 Å². The Hall–Kier alpha value is -2.70. The van der Waals surface area contributed by atoms with Gasteiger partial charge in [0.05, 0.1) is 16.2 Å². The minimum absolute atomic E-state index is 0.0624. The van der Waals surface area contributed by atoms with Gasteiger partial charge in [0.15, 0.2) is 0 Å². The summed E-state index contributed by atoms with van der Waals surface area (Å²) in [7, 11) is 0. The summed E-state index contributed by atoms with van der Waals surface area (Å²) in [5.74, 6) is -0.166. The lowest BCUT2D eigenvalue weighted by Gasteiger charge is -2.05. The summed E-state index contributed by atoms with van der Waals surface area (Å²) >= 11 is 0. The Labute approximate surface area is 121 Å². The molecule has 0 aliphatic heterocycles. The second kappa shape index (κ2) is 6.17. The van der Waals surface area contributed by atoms with Crippen LogP contribution in [0.2, 0.25) is 0 Å². The zero-order valence-electron chi connectivity index (χ0n) is 11.8. The van der Waals surface area contributed by atoms with Gasteiger partial charge in [0.25, 0.3) is 11.6 Å². The van der Waals surface area contributed by atoms with Gasteiger partial charge in [-0.3, -0.25) is 20.0 Å². The van der Waals surface area contributed by atoms with Crippen LogP contribution >= 0.6 is 0 Å². The van der Waals surface area contributed by atoms with Crippen molar-refractivity contribution in [3.8, 4) is 0 Å². The molecule has 0 radical (unpaired) electrons. The van der Waals surface area contributed by atoms with Crippen molar-refractivity contribution in [1.29, 1.82) is 0 Å². The quantitative estimate of drug-likeness (QED) is 0.648. The van der Waals surface area contributed by atoms with E-state index in [-0.39, 0.29) is 11.6 Å². The largest absolute Gasteiger partial charge is 0.352 e. The number of aryl methyl sites for hydroxylation is 2. The van der Waals surface area contributed by atoms with Crippen molar-refractivity contribution in [1.82, 2.24) is 15.5 Å². The molecule has 0 saturated carbocycles. The summed E-state index contributed by atoms with van der Waals surface area (Å²) < 4.78 is 0. The second-order valence-corrected chi connectivity index (χ2v) is 4.74. The van der Waals surface area contributed by atoms with Crippen LogP contribution in [0.15, 0.2) is 24.3 Å². The summed E-state index contributed by atoms with van der Waals surface area (Å²) in [5, 5.41) is 20.1. The molecule has 0 aliphatic carbocycles. The van der Waals surface area contributed by atoms with Crippen molar-refractivity contribution >= 4 is 11.6 Å². The Kier molecular flexibility index (Phi) is 4.32. The van der Waals surface area contributed by atoms with E-state index in [9.17, 15) is 14.9 Å². The number of amides is 1. The number of aromatic nitrogens is 2. The SMILES string of the molecule is Cc1n[nH]c(C)c1C(=O)NCCc1ccc([N+](=O)[O-])cc1. The van der Waals surface area contributed by atoms with Gasteiger partial charge in [0.1, 0.15) is 0 Å². The van der Waals surface area contributed by atoms with Gasteiger partial charge < -0.3 is 5.32 Å². The molecule has 7 heteroatoms. The summed E-state index contributed by atoms with van der Waals surface area (Å²) in [6.07, 6.45) is 0.611. The molecule has 21 heavy (non-hydrogen) atoms. The first-order valence-corrected chi connectivity index (χ1v) is 6.52. The number of carbonyl (C=O) groups is 1. The van der Waals surface area contributed by atoms with Gasteiger partial charge in [0.2, 0.25) is 0 Å². The Morgan fingerprint density at radius 2 is 2.00 bits per heavy atom. The summed E-state index contributed by atoms with van der Waals surface area (Å²) in [4.78, 5) is 22.1. The van der Waals surface area contributed by atoms with Gasteiger partial charge in [-0.2, -0.15) is 5.10 Å². The monoisotopic (exact) mass is 288 g/mol. The first-order valence-electron chi connectivity index (χ1n) is 6.52. The van der Waals surface area contributed by atoms with Crippen molar-refractivity contribution in [2.45, 2.75) is 20.3 Å². The topological polar surface area (TPSA) is 101 Å². The number of nitro benzene ring substituents is 1. The van der Waals surface area contributed by atoms with Crippen LogP contribution in [0.4, 0.5) is 5.69 Å². The van der Waals surface area contributed by atoms with E-state index in [0.29, 0.717) is 24.2 Å². The molecule has 1 aromatic carbocycles. The molecular formula is C14H16N4O3. The number of non-ortho nitro benzene ring substituents is 1. The fourth-order valence-electron chi connectivity index (χ4n) is 2.08. The summed E-state index contributed by atoms with van der Waals surface area (Å²) in [6.45, 7) is 4.03. The van der Waals surface area contributed by atoms with Crippen LogP contribution in [0.25, 0.3) is 0 Å². The molecular weight excluding hydrogens is 272 g/mol. The van der Waals surface area contributed by atoms with Crippen LogP contribution in [-0.2, 0) is 6.42 Å². The summed E-state index contributed by atoms with van der Waals surface area (Å²) in [6, 6.07) is 6.31. The molecule has 2 aromatic rings. The number of carbonyl (C=O) groups excluding carboxylic acids is 1. The Morgan fingerprint density at radius 1 is 1.33 bits per heavy atom. The van der Waals surface area contributed by atoms with Crippen LogP contribution in [0, 0.1) is 24.0 Å². The highest BCUT2D eigenvalue weighted by molar-refractivity contribution is 5.96. The molecule has 7 nitrogen and oxygen atoms in total. The minimum atomic E-state index is -0.435. The Bertz CT molecular complexity index is 642. The third-order valence-electron chi connectivity index (χ3n) is 3.20. The first-order chi connectivity index (χ1) is 9.99. The number of benzene rings is 1. The van der Waals surface area contributed by atoms with Gasteiger partial charge in [-0.1, -0.05) is 12.1 Å². The van der Waals surface area contributed by atoms with Crippen molar-refractivity contribution in [3.63, 3.8) is 0 Å². The van der Waals surface area contributed by atoms with Gasteiger partial charge in [-0.05, 0) is 25.8 Å². The van der Waals surface area contributed by atoms with E-state index in [1.807, 2.05) is 0 Å². The van der Waals surface area contributed by atoms with Gasteiger partial charge >= 0.3 is 0 Å². The van der Waals surface area contributed by atoms with Crippen LogP contribution in [0.5, 0.6) is 0 Å². The molecule has 0 fully saturated rings. The van der Waals surface area contributed by atoms with E-state index in [1.54, 1.807) is 26.0 Å². The van der Waals surface area contributed by atoms with Crippen molar-refractivity contribution in [3.05, 3.63) is 56.9 Å². The van der Waals surface area contributed by atoms with E-state index in [2.05, 4.69) is 15.5 Å². The van der Waals surface area contributed by atoms with E-state index >= 15 is 0 Å². The molecule has 0 saturated heterocycles. The van der Waals surface area contributed by atoms with Crippen LogP contribution in [0.3, 0.4) is 0 Å². The first kappa shape index (κ1) is 14.7. The molecule has 2 N–H and O–H groups in total. The molecule has 0 spiro atoms. The molecule has 1 aromatic heterocycles. The van der Waals surface area contributed by atoms with E-state index in [1.165, 1.54) is 12.1 Å². The average molecular weight is 288 g/mol. The predicted molar refractivity (Wildman–Crippen MR) is 77.2 cm³/mol. The van der Waals surface area contributed by atoms with Crippen molar-refractivity contribution < 1.29 is 9.72 Å². The standard InChI is InChI=1S/C14H16N4O3/c1-9-13(10(2)17-16-9)14(19)15-8-7-11-3-5-12(6-4-11)18(20)21/h3-6H,7-8H2,1-2H3,(H,15,19)(H,16,17). The number of hydrogen-bond acceptors (Lipinski definition) is 4. The third kappa shape index (κ3) is 3.44. The molecule has 1 amide bonds. The Balaban J connectivity index is 1.89. The van der Waals surface area contributed by atoms with Crippen molar-refractivity contribution in [2.75, 3.05) is 6.54 Å². The molecule has 0 unspecified atom stereocenters. The number of rotatable bonds is 5. The second-order valence-electron chi connectivity index (χ2n) is 4.74. The van der Waals surface area contributed by atoms with Crippen LogP contribution in [0.1, 0.15) is 27.3 Å². The highest BCUT2D eigenvalue weighted by Crippen LogP contribution is 2.12. The number of H-pyrrole nitrogens is 1. The molecule has 0 aliphatic rings. The molecule has 1 heterocycles. The number of aromatic amines is 1. The average Bonchev–Trinajstić information content (AvgIpc) is 2.78. The maximum absolute atomic E-state index is 12.0. The summed E-state index contributed by atoms with van der Waals surface area (Å²) in [5.41, 5.74) is 2.97. The van der Waals surface area contributed by atoms with E-state index < -0.39 is 4.92 Å². The van der Waals surface area contributed by atoms with Gasteiger partial charge in [-0.15, -0.1) is 0 Å². The smallest absolute Gasteiger partial charge is 0.269 e. The fourth-order valence-corrected chi connectivity index (χ4v) is 2.08. The number of nitrogens with one attached hydrogen (secondary N) is 2. The van der Waals surface area contributed by atoms with Crippen LogP contribution in [-0.4, -0.2) is 27.6 Å². The van der Waals surface area contributed by atoms with Crippen LogP contribution < -0.4 is 5.32 Å². The number of hydrogen-bond donors (Lipinski definition) is 2. The minimum Gasteiger partial charge on any atom is -0.352 e. The zero-order chi connectivity index (χ0) is 15.4. The third-order valence-corrected chi connectivity index (χ3v) is 3.20. The zero-order valence-corrected chi connectivity index (χ0v) is 11.8. The van der Waals surface area contributed by atoms with E-state index in [4.69, 9.17) is 0 Å². The fraction of sp³-hybridized carbons (Fsp3) is 0.286. The maximum atomic E-state index is 12.0. The lowest BCUT2D eigenvalue weighted by molar-refractivity contribution is -0.384. The normalized spacial score (nSPS) is 10.4. The maximum Gasteiger partial charge on any atom is 0.269 e.